The number of carbonyl (C=O) groups excluding carboxylic acids is 1. The van der Waals surface area contributed by atoms with Gasteiger partial charge in [-0.3, -0.25) is 0 Å². The van der Waals surface area contributed by atoms with E-state index >= 15 is 0 Å². The van der Waals surface area contributed by atoms with Crippen LogP contribution >= 0.6 is 11.6 Å². The molecule has 0 amide bonds. The Bertz CT molecular complexity index is 595. The van der Waals surface area contributed by atoms with Crippen LogP contribution in [0.3, 0.4) is 0 Å². The largest absolute Gasteiger partial charge is 0.508 e. The summed E-state index contributed by atoms with van der Waals surface area (Å²) in [5.74, 6) is -0.00774. The molecule has 0 aliphatic heterocycles. The predicted octanol–water partition coefficient (Wildman–Crippen LogP) is 3.63. The second-order valence-electron chi connectivity index (χ2n) is 4.07. The summed E-state index contributed by atoms with van der Waals surface area (Å²) in [6.07, 6.45) is -0.781. The number of benzene rings is 2. The Morgan fingerprint density at radius 1 is 1.15 bits per heavy atom. The maximum absolute atomic E-state index is 11.8. The van der Waals surface area contributed by atoms with Crippen molar-refractivity contribution >= 4 is 17.6 Å². The number of hydrogen-bond acceptors (Lipinski definition) is 4. The summed E-state index contributed by atoms with van der Waals surface area (Å²) in [5, 5.41) is 9.60. The van der Waals surface area contributed by atoms with Gasteiger partial charge in [-0.25, -0.2) is 4.79 Å². The quantitative estimate of drug-likeness (QED) is 0.690. The molecular weight excluding hydrogens is 280 g/mol. The summed E-state index contributed by atoms with van der Waals surface area (Å²) in [6, 6.07) is 12.7. The van der Waals surface area contributed by atoms with E-state index < -0.39 is 12.3 Å². The molecule has 0 radical (unpaired) electrons. The van der Waals surface area contributed by atoms with Crippen molar-refractivity contribution in [2.24, 2.45) is 0 Å². The first-order valence-electron chi connectivity index (χ1n) is 5.97. The summed E-state index contributed by atoms with van der Waals surface area (Å²) in [7, 11) is 0. The average Bonchev–Trinajstić information content (AvgIpc) is 2.42. The first kappa shape index (κ1) is 14.2. The lowest BCUT2D eigenvalue weighted by molar-refractivity contribution is -0.0371. The highest BCUT2D eigenvalue weighted by Crippen LogP contribution is 2.24. The Balaban J connectivity index is 1.98. The van der Waals surface area contributed by atoms with Gasteiger partial charge in [0.1, 0.15) is 11.5 Å². The van der Waals surface area contributed by atoms with E-state index in [-0.39, 0.29) is 5.75 Å². The van der Waals surface area contributed by atoms with Crippen LogP contribution in [0.2, 0.25) is 5.02 Å². The Kier molecular flexibility index (Phi) is 4.48. The van der Waals surface area contributed by atoms with Gasteiger partial charge in [0.25, 0.3) is 0 Å². The molecule has 5 heteroatoms. The molecule has 2 aromatic rings. The highest BCUT2D eigenvalue weighted by atomic mass is 35.5. The molecule has 1 N–H and O–H groups in total. The fourth-order valence-electron chi connectivity index (χ4n) is 1.56. The molecular formula is C15H13ClO4. The van der Waals surface area contributed by atoms with E-state index in [9.17, 15) is 4.79 Å². The number of esters is 1. The van der Waals surface area contributed by atoms with E-state index in [0.29, 0.717) is 16.3 Å². The molecule has 0 saturated heterocycles. The van der Waals surface area contributed by atoms with Crippen LogP contribution in [0, 0.1) is 0 Å². The van der Waals surface area contributed by atoms with E-state index in [1.807, 2.05) is 0 Å². The smallest absolute Gasteiger partial charge is 0.341 e. The fourth-order valence-corrected chi connectivity index (χ4v) is 1.74. The summed E-state index contributed by atoms with van der Waals surface area (Å²) in [4.78, 5) is 11.8. The van der Waals surface area contributed by atoms with Gasteiger partial charge in [-0.2, -0.15) is 0 Å². The van der Waals surface area contributed by atoms with E-state index in [1.54, 1.807) is 31.2 Å². The van der Waals surface area contributed by atoms with Crippen LogP contribution in [0.5, 0.6) is 11.5 Å². The van der Waals surface area contributed by atoms with Crippen molar-refractivity contribution in [2.45, 2.75) is 13.2 Å². The van der Waals surface area contributed by atoms with E-state index in [1.165, 1.54) is 24.3 Å². The lowest BCUT2D eigenvalue weighted by atomic mass is 10.2. The van der Waals surface area contributed by atoms with Gasteiger partial charge in [-0.15, -0.1) is 0 Å². The van der Waals surface area contributed by atoms with Crippen molar-refractivity contribution in [2.75, 3.05) is 0 Å². The number of phenolic OH excluding ortho intramolecular Hbond substituents is 1. The van der Waals surface area contributed by atoms with Crippen molar-refractivity contribution < 1.29 is 19.4 Å². The number of aromatic hydroxyl groups is 1. The average molecular weight is 293 g/mol. The minimum atomic E-state index is -0.781. The van der Waals surface area contributed by atoms with E-state index in [2.05, 4.69) is 0 Å². The highest BCUT2D eigenvalue weighted by molar-refractivity contribution is 6.32. The normalized spacial score (nSPS) is 11.7. The first-order chi connectivity index (χ1) is 9.56. The van der Waals surface area contributed by atoms with Crippen molar-refractivity contribution in [3.63, 3.8) is 0 Å². The molecule has 0 spiro atoms. The highest BCUT2D eigenvalue weighted by Gasteiger charge is 2.14. The molecule has 0 fully saturated rings. The number of hydrogen-bond donors (Lipinski definition) is 1. The lowest BCUT2D eigenvalue weighted by Gasteiger charge is -2.16. The number of ether oxygens (including phenoxy) is 2. The van der Waals surface area contributed by atoms with Crippen LogP contribution in [0.25, 0.3) is 0 Å². The molecule has 0 heterocycles. The molecule has 0 bridgehead atoms. The summed E-state index contributed by atoms with van der Waals surface area (Å²) in [6.45, 7) is 1.60. The second kappa shape index (κ2) is 6.30. The molecule has 2 aromatic carbocycles. The van der Waals surface area contributed by atoms with Gasteiger partial charge in [0.05, 0.1) is 10.6 Å². The number of para-hydroxylation sites is 1. The van der Waals surface area contributed by atoms with Gasteiger partial charge in [0.2, 0.25) is 6.29 Å². The van der Waals surface area contributed by atoms with Crippen LogP contribution in [0.15, 0.2) is 48.5 Å². The molecule has 1 unspecified atom stereocenters. The molecule has 1 atom stereocenters. The zero-order chi connectivity index (χ0) is 14.5. The third kappa shape index (κ3) is 3.65. The molecule has 2 rings (SSSR count). The number of rotatable bonds is 4. The third-order valence-electron chi connectivity index (χ3n) is 2.51. The predicted molar refractivity (Wildman–Crippen MR) is 75.1 cm³/mol. The molecule has 104 valence electrons. The molecule has 0 aliphatic carbocycles. The first-order valence-corrected chi connectivity index (χ1v) is 6.35. The Morgan fingerprint density at radius 2 is 1.80 bits per heavy atom. The SMILES string of the molecule is CC(OC(=O)c1ccc(O)cc1)Oc1ccccc1Cl. The van der Waals surface area contributed by atoms with Gasteiger partial charge in [-0.1, -0.05) is 23.7 Å². The Morgan fingerprint density at radius 3 is 2.45 bits per heavy atom. The third-order valence-corrected chi connectivity index (χ3v) is 2.82. The van der Waals surface area contributed by atoms with Crippen LogP contribution in [0.4, 0.5) is 0 Å². The van der Waals surface area contributed by atoms with Crippen LogP contribution < -0.4 is 4.74 Å². The Labute approximate surface area is 121 Å². The van der Waals surface area contributed by atoms with Gasteiger partial charge in [-0.05, 0) is 36.4 Å². The van der Waals surface area contributed by atoms with Crippen molar-refractivity contribution in [3.05, 3.63) is 59.1 Å². The number of carbonyl (C=O) groups is 1. The topological polar surface area (TPSA) is 55.8 Å². The minimum absolute atomic E-state index is 0.0851. The lowest BCUT2D eigenvalue weighted by Crippen LogP contribution is -2.21. The van der Waals surface area contributed by atoms with Crippen LogP contribution in [0.1, 0.15) is 17.3 Å². The molecule has 0 saturated carbocycles. The molecule has 0 aliphatic rings. The standard InChI is InChI=1S/C15H13ClO4/c1-10(19-14-5-3-2-4-13(14)16)20-15(18)11-6-8-12(17)9-7-11/h2-10,17H,1H3. The summed E-state index contributed by atoms with van der Waals surface area (Å²) >= 11 is 5.95. The number of halogens is 1. The fraction of sp³-hybridized carbons (Fsp3) is 0.133. The summed E-state index contributed by atoms with van der Waals surface area (Å²) < 4.78 is 10.6. The van der Waals surface area contributed by atoms with Crippen molar-refractivity contribution in [1.29, 1.82) is 0 Å². The molecule has 0 aromatic heterocycles. The van der Waals surface area contributed by atoms with E-state index in [0.717, 1.165) is 0 Å². The van der Waals surface area contributed by atoms with Crippen LogP contribution in [-0.4, -0.2) is 17.4 Å². The van der Waals surface area contributed by atoms with Gasteiger partial charge in [0, 0.05) is 6.92 Å². The van der Waals surface area contributed by atoms with Gasteiger partial charge < -0.3 is 14.6 Å². The van der Waals surface area contributed by atoms with Crippen molar-refractivity contribution in [3.8, 4) is 11.5 Å². The maximum Gasteiger partial charge on any atom is 0.341 e. The van der Waals surface area contributed by atoms with Gasteiger partial charge in [0.15, 0.2) is 0 Å². The monoisotopic (exact) mass is 292 g/mol. The van der Waals surface area contributed by atoms with Crippen molar-refractivity contribution in [1.82, 2.24) is 0 Å². The second-order valence-corrected chi connectivity index (χ2v) is 4.48. The zero-order valence-electron chi connectivity index (χ0n) is 10.7. The number of phenols is 1. The minimum Gasteiger partial charge on any atom is -0.508 e. The van der Waals surface area contributed by atoms with E-state index in [4.69, 9.17) is 26.2 Å². The van der Waals surface area contributed by atoms with Crippen LogP contribution in [-0.2, 0) is 4.74 Å². The Hall–Kier alpha value is -2.20. The van der Waals surface area contributed by atoms with Gasteiger partial charge >= 0.3 is 5.97 Å². The zero-order valence-corrected chi connectivity index (χ0v) is 11.5. The molecule has 20 heavy (non-hydrogen) atoms. The molecule has 4 nitrogen and oxygen atoms in total. The summed E-state index contributed by atoms with van der Waals surface area (Å²) in [5.41, 5.74) is 0.331. The maximum atomic E-state index is 11.8.